The Morgan fingerprint density at radius 3 is 2.04 bits per heavy atom. The Balaban J connectivity index is 2.55. The Labute approximate surface area is 135 Å². The molecule has 126 valence electrons. The lowest BCUT2D eigenvalue weighted by Gasteiger charge is -2.15. The van der Waals surface area contributed by atoms with Crippen LogP contribution in [0.1, 0.15) is 11.1 Å². The lowest BCUT2D eigenvalue weighted by molar-refractivity contribution is -0.154. The normalized spacial score (nSPS) is 11.5. The van der Waals surface area contributed by atoms with E-state index in [-0.39, 0.29) is 11.1 Å². The average molecular weight is 338 g/mol. The molecule has 0 aromatic heterocycles. The topological polar surface area (TPSA) is 74.6 Å². The highest BCUT2D eigenvalue weighted by atomic mass is 19.4. The van der Waals surface area contributed by atoms with E-state index in [4.69, 9.17) is 10.2 Å². The first-order valence-corrected chi connectivity index (χ1v) is 6.91. The molecule has 0 amide bonds. The van der Waals surface area contributed by atoms with Crippen molar-refractivity contribution in [3.63, 3.8) is 0 Å². The van der Waals surface area contributed by atoms with Gasteiger partial charge in [0.25, 0.3) is 0 Å². The highest BCUT2D eigenvalue weighted by Crippen LogP contribution is 2.34. The minimum Gasteiger partial charge on any atom is -0.481 e. The van der Waals surface area contributed by atoms with Gasteiger partial charge in [-0.05, 0) is 35.2 Å². The third-order valence-corrected chi connectivity index (χ3v) is 3.54. The highest BCUT2D eigenvalue weighted by Gasteiger charge is 2.32. The van der Waals surface area contributed by atoms with Crippen molar-refractivity contribution < 1.29 is 33.0 Å². The molecule has 0 aliphatic rings. The second kappa shape index (κ2) is 6.74. The van der Waals surface area contributed by atoms with E-state index in [0.29, 0.717) is 5.56 Å². The number of carboxylic acids is 2. The van der Waals surface area contributed by atoms with Crippen LogP contribution in [0.2, 0.25) is 0 Å². The number of hydrogen-bond donors (Lipinski definition) is 2. The summed E-state index contributed by atoms with van der Waals surface area (Å²) in [4.78, 5) is 22.1. The summed E-state index contributed by atoms with van der Waals surface area (Å²) in [6.45, 7) is 0. The Morgan fingerprint density at radius 2 is 1.54 bits per heavy atom. The third kappa shape index (κ3) is 3.92. The van der Waals surface area contributed by atoms with Crippen molar-refractivity contribution in [1.82, 2.24) is 0 Å². The number of benzene rings is 2. The van der Waals surface area contributed by atoms with Gasteiger partial charge in [0.2, 0.25) is 0 Å². The van der Waals surface area contributed by atoms with Crippen molar-refractivity contribution in [2.24, 2.45) is 5.92 Å². The largest absolute Gasteiger partial charge is 0.481 e. The number of carboxylic acid groups (broad SMARTS) is 2. The number of alkyl halides is 3. The molecule has 0 bridgehead atoms. The van der Waals surface area contributed by atoms with Gasteiger partial charge >= 0.3 is 18.1 Å². The molecule has 0 spiro atoms. The molecule has 0 heterocycles. The second-order valence-corrected chi connectivity index (χ2v) is 5.17. The van der Waals surface area contributed by atoms with E-state index in [1.54, 1.807) is 30.3 Å². The lowest BCUT2D eigenvalue weighted by Crippen LogP contribution is -2.25. The molecule has 2 N–H and O–H groups in total. The van der Waals surface area contributed by atoms with E-state index in [9.17, 15) is 22.8 Å². The average Bonchev–Trinajstić information content (AvgIpc) is 2.51. The maximum atomic E-state index is 12.9. The van der Waals surface area contributed by atoms with Crippen molar-refractivity contribution >= 4 is 11.9 Å². The Kier molecular flexibility index (Phi) is 4.92. The fourth-order valence-electron chi connectivity index (χ4n) is 2.32. The summed E-state index contributed by atoms with van der Waals surface area (Å²) in [5, 5.41) is 18.0. The first-order chi connectivity index (χ1) is 11.2. The molecule has 0 atom stereocenters. The second-order valence-electron chi connectivity index (χ2n) is 5.17. The number of hydrogen-bond acceptors (Lipinski definition) is 2. The molecule has 0 radical (unpaired) electrons. The first-order valence-electron chi connectivity index (χ1n) is 6.91. The van der Waals surface area contributed by atoms with Gasteiger partial charge in [-0.3, -0.25) is 9.59 Å². The van der Waals surface area contributed by atoms with Gasteiger partial charge in [0.05, 0.1) is 5.56 Å². The zero-order chi connectivity index (χ0) is 17.9. The van der Waals surface area contributed by atoms with Gasteiger partial charge in [-0.25, -0.2) is 0 Å². The monoisotopic (exact) mass is 338 g/mol. The van der Waals surface area contributed by atoms with E-state index in [0.717, 1.165) is 18.2 Å². The van der Waals surface area contributed by atoms with E-state index in [1.807, 2.05) is 0 Å². The zero-order valence-electron chi connectivity index (χ0n) is 12.2. The van der Waals surface area contributed by atoms with Crippen molar-refractivity contribution in [2.75, 3.05) is 0 Å². The minimum atomic E-state index is -4.55. The molecule has 24 heavy (non-hydrogen) atoms. The predicted molar refractivity (Wildman–Crippen MR) is 79.3 cm³/mol. The summed E-state index contributed by atoms with van der Waals surface area (Å²) in [7, 11) is 0. The van der Waals surface area contributed by atoms with Crippen LogP contribution in [-0.2, 0) is 22.2 Å². The van der Waals surface area contributed by atoms with E-state index < -0.39 is 36.0 Å². The summed E-state index contributed by atoms with van der Waals surface area (Å²) in [6.07, 6.45) is -4.96. The molecule has 2 aromatic carbocycles. The van der Waals surface area contributed by atoms with Crippen molar-refractivity contribution in [3.8, 4) is 11.1 Å². The fraction of sp³-hybridized carbons (Fsp3) is 0.176. The Hall–Kier alpha value is -2.83. The van der Waals surface area contributed by atoms with Gasteiger partial charge < -0.3 is 10.2 Å². The molecule has 4 nitrogen and oxygen atoms in total. The predicted octanol–water partition coefficient (Wildman–Crippen LogP) is 3.70. The van der Waals surface area contributed by atoms with E-state index in [2.05, 4.69) is 0 Å². The van der Waals surface area contributed by atoms with E-state index in [1.165, 1.54) is 0 Å². The summed E-state index contributed by atoms with van der Waals surface area (Å²) < 4.78 is 38.8. The summed E-state index contributed by atoms with van der Waals surface area (Å²) in [5.74, 6) is -4.81. The molecule has 0 saturated heterocycles. The Morgan fingerprint density at radius 1 is 0.958 bits per heavy atom. The third-order valence-electron chi connectivity index (χ3n) is 3.54. The van der Waals surface area contributed by atoms with Crippen molar-refractivity contribution in [1.29, 1.82) is 0 Å². The van der Waals surface area contributed by atoms with Gasteiger partial charge in [-0.2, -0.15) is 13.2 Å². The van der Waals surface area contributed by atoms with Crippen LogP contribution in [0, 0.1) is 5.92 Å². The molecule has 0 saturated carbocycles. The van der Waals surface area contributed by atoms with Crippen LogP contribution in [0.5, 0.6) is 0 Å². The molecule has 0 fully saturated rings. The molecule has 0 aliphatic carbocycles. The lowest BCUT2D eigenvalue weighted by atomic mass is 9.90. The van der Waals surface area contributed by atoms with Crippen LogP contribution >= 0.6 is 0 Å². The van der Waals surface area contributed by atoms with Crippen LogP contribution in [0.15, 0.2) is 48.5 Å². The molecule has 2 rings (SSSR count). The van der Waals surface area contributed by atoms with Crippen LogP contribution in [0.4, 0.5) is 13.2 Å². The molecule has 7 heteroatoms. The number of halogens is 3. The number of aliphatic carboxylic acids is 2. The van der Waals surface area contributed by atoms with Crippen LogP contribution < -0.4 is 0 Å². The van der Waals surface area contributed by atoms with Crippen LogP contribution in [0.25, 0.3) is 11.1 Å². The van der Waals surface area contributed by atoms with Gasteiger partial charge in [-0.15, -0.1) is 0 Å². The van der Waals surface area contributed by atoms with Gasteiger partial charge in [-0.1, -0.05) is 36.4 Å². The number of rotatable bonds is 5. The molecular formula is C17H13F3O4. The quantitative estimate of drug-likeness (QED) is 0.815. The highest BCUT2D eigenvalue weighted by molar-refractivity contribution is 5.93. The summed E-state index contributed by atoms with van der Waals surface area (Å²) >= 11 is 0. The molecule has 0 unspecified atom stereocenters. The summed E-state index contributed by atoms with van der Waals surface area (Å²) in [6, 6.07) is 11.0. The van der Waals surface area contributed by atoms with Gasteiger partial charge in [0, 0.05) is 0 Å². The molecular weight excluding hydrogens is 325 g/mol. The van der Waals surface area contributed by atoms with Gasteiger partial charge in [0.1, 0.15) is 0 Å². The smallest absolute Gasteiger partial charge is 0.416 e. The number of carbonyl (C=O) groups is 2. The minimum absolute atomic E-state index is 0.165. The fourth-order valence-corrected chi connectivity index (χ4v) is 2.32. The van der Waals surface area contributed by atoms with Gasteiger partial charge in [0.15, 0.2) is 5.92 Å². The molecule has 2 aromatic rings. The van der Waals surface area contributed by atoms with Crippen LogP contribution in [-0.4, -0.2) is 22.2 Å². The first kappa shape index (κ1) is 17.5. The van der Waals surface area contributed by atoms with Crippen LogP contribution in [0.3, 0.4) is 0 Å². The SMILES string of the molecule is O=C(O)C(Cc1ccc(C(F)(F)F)cc1-c1ccccc1)C(=O)O. The van der Waals surface area contributed by atoms with E-state index >= 15 is 0 Å². The zero-order valence-corrected chi connectivity index (χ0v) is 12.2. The maximum absolute atomic E-state index is 12.9. The standard InChI is InChI=1S/C17H13F3O4/c18-17(19,20)12-7-6-11(8-14(15(21)22)16(23)24)13(9-12)10-4-2-1-3-5-10/h1-7,9,14H,8H2,(H,21,22)(H,23,24). The van der Waals surface area contributed by atoms with Crippen molar-refractivity contribution in [2.45, 2.75) is 12.6 Å². The van der Waals surface area contributed by atoms with Crippen molar-refractivity contribution in [3.05, 3.63) is 59.7 Å². The maximum Gasteiger partial charge on any atom is 0.416 e. The summed E-state index contributed by atoms with van der Waals surface area (Å²) in [5.41, 5.74) is -0.0395. The molecule has 0 aliphatic heterocycles. The Bertz CT molecular complexity index is 740.